The molecule has 3 fully saturated rings. The van der Waals surface area contributed by atoms with Crippen LogP contribution in [-0.2, 0) is 0 Å². The van der Waals surface area contributed by atoms with Crippen LogP contribution in [0.4, 0.5) is 0 Å². The molecule has 5 aliphatic rings. The molecular weight excluding hydrogens is 476 g/mol. The fourth-order valence-electron chi connectivity index (χ4n) is 4.16. The third kappa shape index (κ3) is 17.6. The minimum atomic E-state index is 1.03. The molecule has 0 unspecified atom stereocenters. The Morgan fingerprint density at radius 1 is 0.316 bits per heavy atom. The molecule has 3 saturated heterocycles. The van der Waals surface area contributed by atoms with Crippen molar-refractivity contribution in [3.63, 3.8) is 0 Å². The molecule has 0 bridgehead atoms. The number of rotatable bonds is 0. The van der Waals surface area contributed by atoms with Gasteiger partial charge in [0.1, 0.15) is 0 Å². The molecule has 0 saturated carbocycles. The topological polar surface area (TPSA) is 32.4 Å². The average molecular weight is 537 g/mol. The highest BCUT2D eigenvalue weighted by molar-refractivity contribution is 4.97. The number of hydrogen-bond donors (Lipinski definition) is 0. The second kappa shape index (κ2) is 19.3. The van der Waals surface area contributed by atoms with Gasteiger partial charge in [0.15, 0.2) is 0 Å². The van der Waals surface area contributed by atoms with Crippen molar-refractivity contribution in [2.75, 3.05) is 143 Å². The first-order valence-electron chi connectivity index (χ1n) is 13.9. The van der Waals surface area contributed by atoms with E-state index in [1.54, 1.807) is 0 Å². The van der Waals surface area contributed by atoms with Gasteiger partial charge in [0.2, 0.25) is 0 Å². The highest BCUT2D eigenvalue weighted by Gasteiger charge is 2.10. The smallest absolute Gasteiger partial charge is 0.0887 e. The summed E-state index contributed by atoms with van der Waals surface area (Å²) in [5.74, 6) is 0. The normalized spacial score (nSPS) is 23.2. The summed E-state index contributed by atoms with van der Waals surface area (Å²) >= 11 is 0. The van der Waals surface area contributed by atoms with Crippen LogP contribution in [0.5, 0.6) is 0 Å². The van der Waals surface area contributed by atoms with Crippen molar-refractivity contribution in [1.29, 1.82) is 0 Å². The maximum atomic E-state index is 2.36. The van der Waals surface area contributed by atoms with Gasteiger partial charge in [-0.15, -0.1) is 0 Å². The van der Waals surface area contributed by atoms with E-state index in [-0.39, 0.29) is 0 Å². The lowest BCUT2D eigenvalue weighted by atomic mass is 10.3. The predicted octanol–water partition coefficient (Wildman–Crippen LogP) is 0.994. The van der Waals surface area contributed by atoms with Crippen LogP contribution in [0.15, 0.2) is 37.2 Å². The van der Waals surface area contributed by atoms with E-state index in [0.717, 1.165) is 20.0 Å². The van der Waals surface area contributed by atoms with Crippen molar-refractivity contribution in [2.45, 2.75) is 6.42 Å². The zero-order valence-electron chi connectivity index (χ0n) is 26.4. The fourth-order valence-corrected chi connectivity index (χ4v) is 4.16. The molecule has 0 radical (unpaired) electrons. The predicted molar refractivity (Wildman–Crippen MR) is 163 cm³/mol. The lowest BCUT2D eigenvalue weighted by molar-refractivity contribution is 0.133. The van der Waals surface area contributed by atoms with Crippen molar-refractivity contribution in [1.82, 2.24) is 49.0 Å². The van der Waals surface area contributed by atoms with Gasteiger partial charge in [-0.25, -0.2) is 0 Å². The second-order valence-corrected chi connectivity index (χ2v) is 11.4. The average Bonchev–Trinajstić information content (AvgIpc) is 3.44. The third-order valence-corrected chi connectivity index (χ3v) is 6.73. The molecule has 0 aliphatic carbocycles. The second-order valence-electron chi connectivity index (χ2n) is 11.4. The molecule has 5 rings (SSSR count). The standard InChI is InChI=1S/C6H14N2.C6H10N2.C6H14N2.C5H12N2.C5H10N2/c2*1-7-3-5-8(2)6-4-7;1-7-4-3-5-8(2)6-7;2*1-6-3-4-7(2)5-6/h3-6H2,1-2H3;3-6H,1-2H3;3-6H2,1-2H3;3-5H2,1-2H3;3-4H,5H2,1-2H3. The third-order valence-electron chi connectivity index (χ3n) is 6.73. The number of likely N-dealkylation sites (N-methyl/N-ethyl adjacent to an activating group) is 4. The molecule has 0 aromatic heterocycles. The molecule has 5 heterocycles. The van der Waals surface area contributed by atoms with Gasteiger partial charge in [-0.3, -0.25) is 19.6 Å². The van der Waals surface area contributed by atoms with Gasteiger partial charge >= 0.3 is 0 Å². The molecule has 0 N–H and O–H groups in total. The molecule has 0 aromatic carbocycles. The molecular formula is C28H60N10. The molecule has 10 nitrogen and oxygen atoms in total. The highest BCUT2D eigenvalue weighted by atomic mass is 15.3. The summed E-state index contributed by atoms with van der Waals surface area (Å²) in [6.07, 6.45) is 13.4. The summed E-state index contributed by atoms with van der Waals surface area (Å²) in [5.41, 5.74) is 0. The molecule has 0 atom stereocenters. The van der Waals surface area contributed by atoms with Crippen LogP contribution in [-0.4, -0.2) is 192 Å². The van der Waals surface area contributed by atoms with Crippen molar-refractivity contribution in [3.8, 4) is 0 Å². The lowest BCUT2D eigenvalue weighted by Gasteiger charge is -2.29. The van der Waals surface area contributed by atoms with E-state index in [4.69, 9.17) is 0 Å². The summed E-state index contributed by atoms with van der Waals surface area (Å²) in [5, 5.41) is 0. The zero-order valence-corrected chi connectivity index (χ0v) is 26.4. The number of hydrogen-bond acceptors (Lipinski definition) is 10. The fraction of sp³-hybridized carbons (Fsp3) is 0.786. The summed E-state index contributed by atoms with van der Waals surface area (Å²) in [6.45, 7) is 13.2. The van der Waals surface area contributed by atoms with Gasteiger partial charge in [-0.05, 0) is 48.7 Å². The number of nitrogens with zero attached hydrogens (tertiary/aromatic N) is 10. The summed E-state index contributed by atoms with van der Waals surface area (Å²) in [6, 6.07) is 0. The Balaban J connectivity index is 0.000000238. The Labute approximate surface area is 235 Å². The van der Waals surface area contributed by atoms with E-state index >= 15 is 0 Å². The van der Waals surface area contributed by atoms with Gasteiger partial charge in [0.05, 0.1) is 20.0 Å². The van der Waals surface area contributed by atoms with Crippen molar-refractivity contribution in [3.05, 3.63) is 37.2 Å². The molecule has 0 aromatic rings. The van der Waals surface area contributed by atoms with E-state index in [2.05, 4.69) is 108 Å². The zero-order chi connectivity index (χ0) is 28.5. The van der Waals surface area contributed by atoms with Crippen LogP contribution in [0.1, 0.15) is 6.42 Å². The van der Waals surface area contributed by atoms with Gasteiger partial charge in [0.25, 0.3) is 0 Å². The van der Waals surface area contributed by atoms with Crippen molar-refractivity contribution >= 4 is 0 Å². The lowest BCUT2D eigenvalue weighted by Crippen LogP contribution is -2.42. The molecule has 0 spiro atoms. The SMILES string of the molecule is CN1C=CN(C)C1.CN1C=CN(C)C=C1.CN1CCCN(C)C1.CN1CCN(C)C1.CN1CCN(C)CC1. The first kappa shape index (κ1) is 34.2. The Morgan fingerprint density at radius 3 is 0.789 bits per heavy atom. The molecule has 10 heteroatoms. The van der Waals surface area contributed by atoms with Crippen molar-refractivity contribution in [2.24, 2.45) is 0 Å². The van der Waals surface area contributed by atoms with Crippen LogP contribution in [0.3, 0.4) is 0 Å². The van der Waals surface area contributed by atoms with E-state index in [9.17, 15) is 0 Å². The minimum absolute atomic E-state index is 1.03. The maximum Gasteiger partial charge on any atom is 0.0887 e. The Morgan fingerprint density at radius 2 is 0.605 bits per heavy atom. The summed E-state index contributed by atoms with van der Waals surface area (Å²) < 4.78 is 0. The Bertz CT molecular complexity index is 613. The Kier molecular flexibility index (Phi) is 17.3. The maximum absolute atomic E-state index is 2.36. The quantitative estimate of drug-likeness (QED) is 0.447. The monoisotopic (exact) mass is 537 g/mol. The first-order chi connectivity index (χ1) is 17.9. The van der Waals surface area contributed by atoms with Crippen LogP contribution in [0.2, 0.25) is 0 Å². The van der Waals surface area contributed by atoms with Crippen LogP contribution in [0.25, 0.3) is 0 Å². The van der Waals surface area contributed by atoms with Gasteiger partial charge in [0, 0.05) is 118 Å². The number of piperazine rings is 1. The first-order valence-corrected chi connectivity index (χ1v) is 13.9. The molecule has 222 valence electrons. The van der Waals surface area contributed by atoms with Gasteiger partial charge in [-0.1, -0.05) is 0 Å². The largest absolute Gasteiger partial charge is 0.362 e. The van der Waals surface area contributed by atoms with E-state index < -0.39 is 0 Å². The molecule has 38 heavy (non-hydrogen) atoms. The van der Waals surface area contributed by atoms with Crippen LogP contribution >= 0.6 is 0 Å². The summed E-state index contributed by atoms with van der Waals surface area (Å²) in [7, 11) is 21.1. The Hall–Kier alpha value is -1.82. The van der Waals surface area contributed by atoms with Crippen molar-refractivity contribution < 1.29 is 0 Å². The minimum Gasteiger partial charge on any atom is -0.362 e. The van der Waals surface area contributed by atoms with Crippen LogP contribution in [0, 0.1) is 0 Å². The molecule has 0 amide bonds. The van der Waals surface area contributed by atoms with Gasteiger partial charge < -0.3 is 29.4 Å². The van der Waals surface area contributed by atoms with E-state index in [1.165, 1.54) is 58.8 Å². The highest BCUT2D eigenvalue weighted by Crippen LogP contribution is 1.99. The molecule has 5 aliphatic heterocycles. The van der Waals surface area contributed by atoms with Crippen LogP contribution < -0.4 is 0 Å². The van der Waals surface area contributed by atoms with E-state index in [1.807, 2.05) is 48.7 Å². The van der Waals surface area contributed by atoms with E-state index in [0.29, 0.717) is 0 Å². The summed E-state index contributed by atoms with van der Waals surface area (Å²) in [4.78, 5) is 22.3. The van der Waals surface area contributed by atoms with Gasteiger partial charge in [-0.2, -0.15) is 0 Å².